The molecule has 0 spiro atoms. The van der Waals surface area contributed by atoms with Crippen LogP contribution in [-0.2, 0) is 12.3 Å². The molecule has 0 amide bonds. The van der Waals surface area contributed by atoms with Crippen LogP contribution >= 0.6 is 11.3 Å². The molecule has 0 atom stereocenters. The van der Waals surface area contributed by atoms with Crippen molar-refractivity contribution in [3.63, 3.8) is 0 Å². The van der Waals surface area contributed by atoms with Crippen LogP contribution in [0.1, 0.15) is 28.5 Å². The first-order valence-corrected chi connectivity index (χ1v) is 10.2. The standard InChI is InChI=1S/C12H7F13S.C9H10/c1-2-6-5(3-4-26-6)7(13,14)8(15,16)9(17,18)10(19,20)11(21,22)12(23,24)25;1-3-9-7-5-4-6-8(9)2/h3-4H,2H2,1H3;3-7H,1H2,2H3. The first kappa shape index (κ1) is 30.8. The van der Waals surface area contributed by atoms with Gasteiger partial charge in [0.25, 0.3) is 0 Å². The highest BCUT2D eigenvalue weighted by Crippen LogP contribution is 2.62. The highest BCUT2D eigenvalue weighted by molar-refractivity contribution is 7.10. The summed E-state index contributed by atoms with van der Waals surface area (Å²) in [7, 11) is 0. The van der Waals surface area contributed by atoms with Gasteiger partial charge in [-0.1, -0.05) is 43.8 Å². The molecule has 35 heavy (non-hydrogen) atoms. The Balaban J connectivity index is 0.000000566. The molecule has 198 valence electrons. The summed E-state index contributed by atoms with van der Waals surface area (Å²) >= 11 is 0.347. The largest absolute Gasteiger partial charge is 0.460 e. The summed E-state index contributed by atoms with van der Waals surface area (Å²) in [6.07, 6.45) is -5.98. The Hall–Kier alpha value is -2.25. The van der Waals surface area contributed by atoms with Crippen LogP contribution in [0.5, 0.6) is 0 Å². The minimum Gasteiger partial charge on any atom is -0.194 e. The molecule has 0 aliphatic heterocycles. The van der Waals surface area contributed by atoms with Gasteiger partial charge in [-0.3, -0.25) is 0 Å². The van der Waals surface area contributed by atoms with Gasteiger partial charge in [-0.25, -0.2) is 0 Å². The van der Waals surface area contributed by atoms with Crippen LogP contribution in [0.25, 0.3) is 6.08 Å². The Bertz CT molecular complexity index is 1000. The summed E-state index contributed by atoms with van der Waals surface area (Å²) in [5.41, 5.74) is 0.630. The highest BCUT2D eigenvalue weighted by Gasteiger charge is 2.91. The van der Waals surface area contributed by atoms with E-state index < -0.39 is 52.7 Å². The zero-order chi connectivity index (χ0) is 27.7. The molecule has 0 saturated carbocycles. The summed E-state index contributed by atoms with van der Waals surface area (Å²) in [6.45, 7) is 6.88. The molecule has 0 radical (unpaired) electrons. The summed E-state index contributed by atoms with van der Waals surface area (Å²) < 4.78 is 169. The second kappa shape index (κ2) is 10.0. The maximum absolute atomic E-state index is 13.8. The molecule has 0 aliphatic carbocycles. The lowest BCUT2D eigenvalue weighted by molar-refractivity contribution is -0.441. The van der Waals surface area contributed by atoms with Gasteiger partial charge in [0, 0.05) is 10.4 Å². The Labute approximate surface area is 195 Å². The molecule has 2 aromatic rings. The maximum atomic E-state index is 13.8. The van der Waals surface area contributed by atoms with E-state index in [1.165, 1.54) is 11.1 Å². The van der Waals surface area contributed by atoms with Crippen LogP contribution in [0.3, 0.4) is 0 Å². The predicted molar refractivity (Wildman–Crippen MR) is 105 cm³/mol. The predicted octanol–water partition coefficient (Wildman–Crippen LogP) is 9.14. The number of alkyl halides is 13. The second-order valence-electron chi connectivity index (χ2n) is 7.04. The van der Waals surface area contributed by atoms with Crippen molar-refractivity contribution in [2.75, 3.05) is 0 Å². The Morgan fingerprint density at radius 1 is 0.743 bits per heavy atom. The number of hydrogen-bond acceptors (Lipinski definition) is 1. The van der Waals surface area contributed by atoms with Crippen molar-refractivity contribution in [1.82, 2.24) is 0 Å². The van der Waals surface area contributed by atoms with E-state index in [9.17, 15) is 57.1 Å². The van der Waals surface area contributed by atoms with Crippen molar-refractivity contribution in [3.8, 4) is 0 Å². The van der Waals surface area contributed by atoms with Crippen LogP contribution in [0.2, 0.25) is 0 Å². The maximum Gasteiger partial charge on any atom is 0.460 e. The van der Waals surface area contributed by atoms with E-state index in [1.54, 1.807) is 0 Å². The van der Waals surface area contributed by atoms with E-state index in [4.69, 9.17) is 0 Å². The third-order valence-corrected chi connectivity index (χ3v) is 5.81. The first-order chi connectivity index (χ1) is 15.6. The fourth-order valence-electron chi connectivity index (χ4n) is 2.65. The number of benzene rings is 1. The molecule has 0 nitrogen and oxygen atoms in total. The molecule has 0 unspecified atom stereocenters. The van der Waals surface area contributed by atoms with Crippen molar-refractivity contribution in [1.29, 1.82) is 0 Å². The van der Waals surface area contributed by atoms with E-state index in [2.05, 4.69) is 25.6 Å². The summed E-state index contributed by atoms with van der Waals surface area (Å²) in [5.74, 6) is -36.8. The number of thiophene rings is 1. The molecular weight excluding hydrogens is 531 g/mol. The number of rotatable bonds is 7. The third-order valence-electron chi connectivity index (χ3n) is 4.75. The molecule has 1 aromatic carbocycles. The van der Waals surface area contributed by atoms with Gasteiger partial charge in [-0.2, -0.15) is 57.1 Å². The summed E-state index contributed by atoms with van der Waals surface area (Å²) in [5, 5.41) is 0.707. The molecule has 0 N–H and O–H groups in total. The lowest BCUT2D eigenvalue weighted by Gasteiger charge is -2.39. The second-order valence-corrected chi connectivity index (χ2v) is 8.04. The van der Waals surface area contributed by atoms with Crippen molar-refractivity contribution >= 4 is 17.4 Å². The highest BCUT2D eigenvalue weighted by atomic mass is 32.1. The van der Waals surface area contributed by atoms with Crippen molar-refractivity contribution < 1.29 is 57.1 Å². The van der Waals surface area contributed by atoms with Gasteiger partial charge in [0.15, 0.2) is 0 Å². The molecule has 1 aromatic heterocycles. The lowest BCUT2D eigenvalue weighted by atomic mass is 9.90. The average molecular weight is 548 g/mol. The van der Waals surface area contributed by atoms with Gasteiger partial charge in [-0.15, -0.1) is 11.3 Å². The fourth-order valence-corrected chi connectivity index (χ4v) is 3.51. The Morgan fingerprint density at radius 3 is 1.63 bits per heavy atom. The molecule has 2 rings (SSSR count). The lowest BCUT2D eigenvalue weighted by Crippen LogP contribution is -2.69. The quantitative estimate of drug-likeness (QED) is 0.303. The zero-order valence-corrected chi connectivity index (χ0v) is 18.6. The van der Waals surface area contributed by atoms with E-state index in [1.807, 2.05) is 18.2 Å². The SMILES string of the molecule is C=Cc1ccccc1C.CCc1sccc1C(F)(F)C(F)(F)C(F)(F)C(F)(F)C(F)(F)C(F)(F)F. The van der Waals surface area contributed by atoms with Crippen molar-refractivity contribution in [2.45, 2.75) is 56.1 Å². The van der Waals surface area contributed by atoms with Crippen LogP contribution in [0.4, 0.5) is 57.1 Å². The third kappa shape index (κ3) is 5.17. The van der Waals surface area contributed by atoms with Crippen LogP contribution < -0.4 is 0 Å². The zero-order valence-electron chi connectivity index (χ0n) is 17.8. The van der Waals surface area contributed by atoms with Gasteiger partial charge in [0.2, 0.25) is 0 Å². The molecule has 0 saturated heterocycles. The Kier molecular flexibility index (Phi) is 8.81. The van der Waals surface area contributed by atoms with Gasteiger partial charge in [0.05, 0.1) is 0 Å². The molecular formula is C21H17F13S. The average Bonchev–Trinajstić information content (AvgIpc) is 3.23. The summed E-state index contributed by atoms with van der Waals surface area (Å²) in [6, 6.07) is 8.35. The van der Waals surface area contributed by atoms with Crippen LogP contribution in [0.15, 0.2) is 42.3 Å². The molecule has 0 aliphatic rings. The van der Waals surface area contributed by atoms with Gasteiger partial charge >= 0.3 is 35.8 Å². The van der Waals surface area contributed by atoms with Gasteiger partial charge in [-0.05, 0) is 35.9 Å². The molecule has 0 bridgehead atoms. The minimum absolute atomic E-state index is 0.160. The van der Waals surface area contributed by atoms with E-state index in [-0.39, 0.29) is 6.07 Å². The monoisotopic (exact) mass is 548 g/mol. The topological polar surface area (TPSA) is 0 Å². The van der Waals surface area contributed by atoms with E-state index in [0.29, 0.717) is 16.7 Å². The molecule has 0 fully saturated rings. The van der Waals surface area contributed by atoms with Crippen molar-refractivity contribution in [2.24, 2.45) is 0 Å². The fraction of sp³-hybridized carbons (Fsp3) is 0.429. The minimum atomic E-state index is -7.87. The van der Waals surface area contributed by atoms with Crippen LogP contribution in [-0.4, -0.2) is 29.9 Å². The molecule has 1 heterocycles. The number of halogens is 13. The smallest absolute Gasteiger partial charge is 0.194 e. The van der Waals surface area contributed by atoms with E-state index >= 15 is 0 Å². The molecule has 14 heteroatoms. The van der Waals surface area contributed by atoms with Gasteiger partial charge in [0.1, 0.15) is 0 Å². The summed E-state index contributed by atoms with van der Waals surface area (Å²) in [4.78, 5) is -0.670. The normalized spacial score (nSPS) is 13.8. The number of aryl methyl sites for hydroxylation is 2. The first-order valence-electron chi connectivity index (χ1n) is 9.35. The van der Waals surface area contributed by atoms with Crippen LogP contribution in [0, 0.1) is 6.92 Å². The Morgan fingerprint density at radius 2 is 1.23 bits per heavy atom. The van der Waals surface area contributed by atoms with Gasteiger partial charge < -0.3 is 0 Å². The van der Waals surface area contributed by atoms with E-state index in [0.717, 1.165) is 6.92 Å². The van der Waals surface area contributed by atoms with Crippen molar-refractivity contribution in [3.05, 3.63) is 63.9 Å². The number of hydrogen-bond donors (Lipinski definition) is 0.